The zero-order valence-electron chi connectivity index (χ0n) is 12.8. The van der Waals surface area contributed by atoms with Crippen molar-refractivity contribution in [2.75, 3.05) is 0 Å². The number of nitro groups is 2. The van der Waals surface area contributed by atoms with Crippen molar-refractivity contribution in [3.63, 3.8) is 0 Å². The minimum atomic E-state index is -0.668. The van der Waals surface area contributed by atoms with Crippen LogP contribution in [0.4, 0.5) is 11.4 Å². The molecular weight excluding hydrogens is 326 g/mol. The monoisotopic (exact) mass is 338 g/mol. The van der Waals surface area contributed by atoms with Crippen LogP contribution in [0.15, 0.2) is 73.1 Å². The molecule has 0 aliphatic carbocycles. The molecule has 3 aromatic rings. The Bertz CT molecular complexity index is 927. The number of benzene rings is 2. The van der Waals surface area contributed by atoms with Gasteiger partial charge in [0.2, 0.25) is 0 Å². The molecule has 0 atom stereocenters. The summed E-state index contributed by atoms with van der Waals surface area (Å²) < 4.78 is 7.16. The molecule has 0 spiro atoms. The highest BCUT2D eigenvalue weighted by Crippen LogP contribution is 2.25. The lowest BCUT2D eigenvalue weighted by atomic mass is 10.2. The number of para-hydroxylation sites is 1. The maximum Gasteiger partial charge on any atom is 0.347 e. The van der Waals surface area contributed by atoms with Crippen LogP contribution in [0, 0.1) is 20.2 Å². The fraction of sp³-hybridized carbons (Fsp3) is 0. The molecule has 3 rings (SSSR count). The Morgan fingerprint density at radius 1 is 0.800 bits per heavy atom. The Labute approximate surface area is 141 Å². The predicted octanol–water partition coefficient (Wildman–Crippen LogP) is 3.57. The summed E-state index contributed by atoms with van der Waals surface area (Å²) in [6.07, 6.45) is 3.18. The Morgan fingerprint density at radius 3 is 2.04 bits per heavy atom. The second kappa shape index (κ2) is 6.75. The second-order valence-corrected chi connectivity index (χ2v) is 5.04. The molecule has 0 saturated carbocycles. The van der Waals surface area contributed by atoms with Gasteiger partial charge in [-0.25, -0.2) is 0 Å². The van der Waals surface area contributed by atoms with E-state index < -0.39 is 9.85 Å². The first kappa shape index (κ1) is 16.1. The molecule has 1 heterocycles. The summed E-state index contributed by atoms with van der Waals surface area (Å²) in [6, 6.07) is 16.0. The third-order valence-corrected chi connectivity index (χ3v) is 3.42. The normalized spacial score (nSPS) is 10.2. The number of aromatic nitrogens is 1. The maximum absolute atomic E-state index is 11.2. The Hall–Kier alpha value is -3.81. The number of pyridine rings is 1. The zero-order chi connectivity index (χ0) is 17.8. The van der Waals surface area contributed by atoms with E-state index in [1.54, 1.807) is 24.5 Å². The van der Waals surface area contributed by atoms with E-state index in [-0.39, 0.29) is 17.1 Å². The Morgan fingerprint density at radius 2 is 1.44 bits per heavy atom. The topological polar surface area (TPSA) is 99.4 Å². The lowest BCUT2D eigenvalue weighted by molar-refractivity contribution is -0.601. The third kappa shape index (κ3) is 3.58. The molecular formula is C17H12N3O5+. The van der Waals surface area contributed by atoms with E-state index in [4.69, 9.17) is 4.74 Å². The van der Waals surface area contributed by atoms with E-state index in [1.165, 1.54) is 16.7 Å². The van der Waals surface area contributed by atoms with Gasteiger partial charge < -0.3 is 4.74 Å². The smallest absolute Gasteiger partial charge is 0.347 e. The van der Waals surface area contributed by atoms with Gasteiger partial charge in [-0.3, -0.25) is 20.2 Å². The Kier molecular flexibility index (Phi) is 4.34. The van der Waals surface area contributed by atoms with Gasteiger partial charge in [0.1, 0.15) is 17.6 Å². The number of nitrogens with zero attached hydrogens (tertiary/aromatic N) is 3. The molecule has 1 aromatic heterocycles. The number of nitro benzene ring substituents is 2. The van der Waals surface area contributed by atoms with E-state index in [1.807, 2.05) is 30.3 Å². The van der Waals surface area contributed by atoms with Gasteiger partial charge in [0, 0.05) is 24.3 Å². The first-order chi connectivity index (χ1) is 12.0. The van der Waals surface area contributed by atoms with E-state index in [0.717, 1.165) is 6.07 Å². The highest BCUT2D eigenvalue weighted by atomic mass is 16.6. The van der Waals surface area contributed by atoms with Crippen LogP contribution < -0.4 is 9.30 Å². The molecule has 2 aromatic carbocycles. The first-order valence-electron chi connectivity index (χ1n) is 7.22. The SMILES string of the molecule is O=[N+]([O-])c1ccc(-[n+]2ccc(Oc3ccccc3)cc2)c([N+](=O)[O-])c1. The summed E-state index contributed by atoms with van der Waals surface area (Å²) >= 11 is 0. The summed E-state index contributed by atoms with van der Waals surface area (Å²) in [5, 5.41) is 22.0. The van der Waals surface area contributed by atoms with Crippen molar-refractivity contribution >= 4 is 11.4 Å². The van der Waals surface area contributed by atoms with E-state index in [2.05, 4.69) is 0 Å². The van der Waals surface area contributed by atoms with E-state index in [0.29, 0.717) is 11.5 Å². The van der Waals surface area contributed by atoms with Crippen molar-refractivity contribution in [2.24, 2.45) is 0 Å². The van der Waals surface area contributed by atoms with Crippen molar-refractivity contribution in [3.05, 3.63) is 93.3 Å². The standard InChI is InChI=1S/C17H12N3O5/c21-19(22)13-6-7-16(17(12-13)20(23)24)18-10-8-15(9-11-18)25-14-4-2-1-3-5-14/h1-12H/q+1. The zero-order valence-corrected chi connectivity index (χ0v) is 12.8. The third-order valence-electron chi connectivity index (χ3n) is 3.42. The highest BCUT2D eigenvalue weighted by molar-refractivity contribution is 5.53. The molecule has 124 valence electrons. The Balaban J connectivity index is 1.92. The van der Waals surface area contributed by atoms with Gasteiger partial charge in [-0.15, -0.1) is 0 Å². The second-order valence-electron chi connectivity index (χ2n) is 5.04. The minimum absolute atomic E-state index is 0.224. The van der Waals surface area contributed by atoms with Gasteiger partial charge in [-0.05, 0) is 12.1 Å². The lowest BCUT2D eigenvalue weighted by Gasteiger charge is -2.04. The molecule has 0 saturated heterocycles. The number of hydrogen-bond acceptors (Lipinski definition) is 5. The largest absolute Gasteiger partial charge is 0.457 e. The molecule has 0 bridgehead atoms. The molecule has 0 amide bonds. The van der Waals surface area contributed by atoms with E-state index in [9.17, 15) is 20.2 Å². The van der Waals surface area contributed by atoms with Gasteiger partial charge in [-0.2, -0.15) is 4.57 Å². The number of hydrogen-bond donors (Lipinski definition) is 0. The molecule has 0 unspecified atom stereocenters. The molecule has 0 aliphatic rings. The van der Waals surface area contributed by atoms with Crippen molar-refractivity contribution in [3.8, 4) is 17.2 Å². The van der Waals surface area contributed by atoms with Gasteiger partial charge in [0.15, 0.2) is 12.4 Å². The number of non-ortho nitro benzene ring substituents is 1. The quantitative estimate of drug-likeness (QED) is 0.402. The summed E-state index contributed by atoms with van der Waals surface area (Å²) in [5.74, 6) is 1.23. The van der Waals surface area contributed by atoms with E-state index >= 15 is 0 Å². The van der Waals surface area contributed by atoms with Crippen molar-refractivity contribution in [1.29, 1.82) is 0 Å². The van der Waals surface area contributed by atoms with Crippen LogP contribution in [-0.2, 0) is 0 Å². The van der Waals surface area contributed by atoms with Crippen molar-refractivity contribution in [2.45, 2.75) is 0 Å². The molecule has 8 heteroatoms. The maximum atomic E-state index is 11.2. The summed E-state index contributed by atoms with van der Waals surface area (Å²) in [5.41, 5.74) is -0.460. The molecule has 0 fully saturated rings. The van der Waals surface area contributed by atoms with Crippen LogP contribution in [0.3, 0.4) is 0 Å². The van der Waals surface area contributed by atoms with Gasteiger partial charge in [-0.1, -0.05) is 18.2 Å². The summed E-state index contributed by atoms with van der Waals surface area (Å²) in [4.78, 5) is 20.7. The van der Waals surface area contributed by atoms with Crippen LogP contribution in [0.5, 0.6) is 11.5 Å². The van der Waals surface area contributed by atoms with Gasteiger partial charge in [0.05, 0.1) is 9.85 Å². The van der Waals surface area contributed by atoms with Crippen LogP contribution in [0.2, 0.25) is 0 Å². The van der Waals surface area contributed by atoms with Crippen LogP contribution in [-0.4, -0.2) is 9.85 Å². The van der Waals surface area contributed by atoms with Crippen LogP contribution in [0.1, 0.15) is 0 Å². The molecule has 0 N–H and O–H groups in total. The number of ether oxygens (including phenoxy) is 1. The van der Waals surface area contributed by atoms with Crippen molar-refractivity contribution in [1.82, 2.24) is 0 Å². The van der Waals surface area contributed by atoms with Gasteiger partial charge in [0.25, 0.3) is 11.4 Å². The van der Waals surface area contributed by atoms with Crippen LogP contribution >= 0.6 is 0 Å². The highest BCUT2D eigenvalue weighted by Gasteiger charge is 2.26. The first-order valence-corrected chi connectivity index (χ1v) is 7.22. The fourth-order valence-electron chi connectivity index (χ4n) is 2.26. The fourth-order valence-corrected chi connectivity index (χ4v) is 2.26. The average Bonchev–Trinajstić information content (AvgIpc) is 2.62. The average molecular weight is 338 g/mol. The molecule has 0 radical (unpaired) electrons. The number of rotatable bonds is 5. The van der Waals surface area contributed by atoms with Crippen molar-refractivity contribution < 1.29 is 19.2 Å². The molecule has 8 nitrogen and oxygen atoms in total. The molecule has 0 aliphatic heterocycles. The molecule has 25 heavy (non-hydrogen) atoms. The minimum Gasteiger partial charge on any atom is -0.457 e. The van der Waals surface area contributed by atoms with Crippen LogP contribution in [0.25, 0.3) is 5.69 Å². The summed E-state index contributed by atoms with van der Waals surface area (Å²) in [6.45, 7) is 0. The summed E-state index contributed by atoms with van der Waals surface area (Å²) in [7, 11) is 0. The van der Waals surface area contributed by atoms with Gasteiger partial charge >= 0.3 is 5.69 Å². The lowest BCUT2D eigenvalue weighted by Crippen LogP contribution is -2.30. The predicted molar refractivity (Wildman–Crippen MR) is 87.8 cm³/mol.